The molecule has 0 unspecified atom stereocenters. The summed E-state index contributed by atoms with van der Waals surface area (Å²) in [4.78, 5) is 31.4. The number of fused-ring (bicyclic) bond motifs is 1. The van der Waals surface area contributed by atoms with Crippen LogP contribution in [0, 0.1) is 0 Å². The molecule has 4 rings (SSSR count). The van der Waals surface area contributed by atoms with E-state index in [-0.39, 0.29) is 11.1 Å². The first-order valence-corrected chi connectivity index (χ1v) is 8.29. The Kier molecular flexibility index (Phi) is 4.21. The summed E-state index contributed by atoms with van der Waals surface area (Å²) >= 11 is 0. The Morgan fingerprint density at radius 2 is 2.00 bits per heavy atom. The van der Waals surface area contributed by atoms with E-state index in [4.69, 9.17) is 4.74 Å². The van der Waals surface area contributed by atoms with E-state index in [9.17, 15) is 9.59 Å². The molecule has 8 heteroatoms. The Balaban J connectivity index is 1.65. The van der Waals surface area contributed by atoms with E-state index in [1.165, 1.54) is 10.7 Å². The van der Waals surface area contributed by atoms with Crippen molar-refractivity contribution in [1.82, 2.24) is 24.2 Å². The van der Waals surface area contributed by atoms with Gasteiger partial charge in [0.25, 0.3) is 11.1 Å². The summed E-state index contributed by atoms with van der Waals surface area (Å²) in [6.07, 6.45) is 3.26. The summed E-state index contributed by atoms with van der Waals surface area (Å²) < 4.78 is 8.28. The molecular formula is C17H19N5O3. The molecule has 3 aromatic rings. The van der Waals surface area contributed by atoms with Crippen LogP contribution >= 0.6 is 0 Å². The fraction of sp³-hybridized carbons (Fsp3) is 0.353. The molecule has 130 valence electrons. The van der Waals surface area contributed by atoms with Crippen LogP contribution in [0.25, 0.3) is 16.7 Å². The number of morpholine rings is 1. The maximum Gasteiger partial charge on any atom is 0.282 e. The van der Waals surface area contributed by atoms with Crippen molar-refractivity contribution in [2.45, 2.75) is 6.54 Å². The normalized spacial score (nSPS) is 15.7. The summed E-state index contributed by atoms with van der Waals surface area (Å²) in [5, 5.41) is 3.43. The monoisotopic (exact) mass is 341 g/mol. The Hall–Kier alpha value is -2.71. The van der Waals surface area contributed by atoms with Gasteiger partial charge in [0.2, 0.25) is 0 Å². The number of rotatable bonds is 4. The average Bonchev–Trinajstić information content (AvgIpc) is 2.97. The van der Waals surface area contributed by atoms with Crippen molar-refractivity contribution in [3.8, 4) is 5.82 Å². The fourth-order valence-electron chi connectivity index (χ4n) is 3.02. The first-order valence-electron chi connectivity index (χ1n) is 8.29. The van der Waals surface area contributed by atoms with Gasteiger partial charge in [0.1, 0.15) is 0 Å². The predicted octanol–water partition coefficient (Wildman–Crippen LogP) is 0.208. The van der Waals surface area contributed by atoms with Gasteiger partial charge in [0.05, 0.1) is 24.1 Å². The number of pyridine rings is 2. The molecule has 0 radical (unpaired) electrons. The third-order valence-electron chi connectivity index (χ3n) is 4.43. The maximum atomic E-state index is 12.6. The number of nitrogens with zero attached hydrogens (tertiary/aromatic N) is 4. The second kappa shape index (κ2) is 6.66. The smallest absolute Gasteiger partial charge is 0.282 e. The molecule has 0 aromatic carbocycles. The van der Waals surface area contributed by atoms with Crippen LogP contribution in [0.15, 0.2) is 46.2 Å². The highest BCUT2D eigenvalue weighted by Crippen LogP contribution is 2.07. The van der Waals surface area contributed by atoms with Gasteiger partial charge in [-0.1, -0.05) is 6.07 Å². The third-order valence-corrected chi connectivity index (χ3v) is 4.43. The van der Waals surface area contributed by atoms with Gasteiger partial charge >= 0.3 is 0 Å². The average molecular weight is 341 g/mol. The van der Waals surface area contributed by atoms with Crippen LogP contribution in [0.2, 0.25) is 0 Å². The Morgan fingerprint density at radius 1 is 1.16 bits per heavy atom. The van der Waals surface area contributed by atoms with E-state index >= 15 is 0 Å². The fourth-order valence-corrected chi connectivity index (χ4v) is 3.02. The van der Waals surface area contributed by atoms with Crippen LogP contribution in [-0.2, 0) is 11.3 Å². The molecule has 0 bridgehead atoms. The summed E-state index contributed by atoms with van der Waals surface area (Å²) in [5.41, 5.74) is 0.173. The summed E-state index contributed by atoms with van der Waals surface area (Å²) in [6.45, 7) is 4.49. The van der Waals surface area contributed by atoms with Gasteiger partial charge in [-0.2, -0.15) is 0 Å². The van der Waals surface area contributed by atoms with Crippen molar-refractivity contribution >= 4 is 10.9 Å². The molecule has 0 saturated carbocycles. The summed E-state index contributed by atoms with van der Waals surface area (Å²) in [7, 11) is 0. The molecule has 1 aliphatic heterocycles. The number of H-pyrrole nitrogens is 1. The predicted molar refractivity (Wildman–Crippen MR) is 93.2 cm³/mol. The minimum absolute atomic E-state index is 0.129. The van der Waals surface area contributed by atoms with Crippen molar-refractivity contribution in [3.63, 3.8) is 0 Å². The zero-order valence-electron chi connectivity index (χ0n) is 13.7. The highest BCUT2D eigenvalue weighted by Gasteiger charge is 2.13. The maximum absolute atomic E-state index is 12.6. The number of hydrogen-bond acceptors (Lipinski definition) is 5. The highest BCUT2D eigenvalue weighted by atomic mass is 16.5. The van der Waals surface area contributed by atoms with Crippen molar-refractivity contribution in [3.05, 3.63) is 57.4 Å². The molecule has 25 heavy (non-hydrogen) atoms. The van der Waals surface area contributed by atoms with Crippen LogP contribution in [0.4, 0.5) is 0 Å². The van der Waals surface area contributed by atoms with Crippen molar-refractivity contribution < 1.29 is 4.74 Å². The standard InChI is InChI=1S/C17H19N5O3/c23-16-11-14-13(12-21(16)6-5-20-7-9-25-10-8-20)17(24)22(19-14)15-3-1-2-4-18-15/h1-4,11-12,19H,5-10H2. The number of hydrogen-bond donors (Lipinski definition) is 1. The lowest BCUT2D eigenvalue weighted by Crippen LogP contribution is -2.39. The molecule has 4 heterocycles. The second-order valence-corrected chi connectivity index (χ2v) is 6.03. The second-order valence-electron chi connectivity index (χ2n) is 6.03. The SMILES string of the molecule is O=c1cc2[nH]n(-c3ccccn3)c(=O)c2cn1CCN1CCOCC1. The van der Waals surface area contributed by atoms with E-state index in [1.54, 1.807) is 29.1 Å². The van der Waals surface area contributed by atoms with Crippen LogP contribution in [0.3, 0.4) is 0 Å². The molecule has 0 atom stereocenters. The van der Waals surface area contributed by atoms with Gasteiger partial charge in [-0.3, -0.25) is 19.6 Å². The first kappa shape index (κ1) is 15.8. The minimum atomic E-state index is -0.214. The Labute approximate surface area is 143 Å². The van der Waals surface area contributed by atoms with Crippen LogP contribution in [0.5, 0.6) is 0 Å². The number of nitrogens with one attached hydrogen (secondary N) is 1. The van der Waals surface area contributed by atoms with Crippen LogP contribution in [-0.4, -0.2) is 57.1 Å². The molecule has 1 N–H and O–H groups in total. The molecule has 3 aromatic heterocycles. The molecule has 8 nitrogen and oxygen atoms in total. The molecule has 0 amide bonds. The van der Waals surface area contributed by atoms with E-state index in [2.05, 4.69) is 15.0 Å². The van der Waals surface area contributed by atoms with Gasteiger partial charge in [-0.05, 0) is 12.1 Å². The van der Waals surface area contributed by atoms with Gasteiger partial charge in [0, 0.05) is 44.6 Å². The van der Waals surface area contributed by atoms with Crippen molar-refractivity contribution in [1.29, 1.82) is 0 Å². The third kappa shape index (κ3) is 3.13. The van der Waals surface area contributed by atoms with Gasteiger partial charge in [-0.25, -0.2) is 9.67 Å². The quantitative estimate of drug-likeness (QED) is 0.733. The molecule has 1 fully saturated rings. The largest absolute Gasteiger partial charge is 0.379 e. The van der Waals surface area contributed by atoms with Crippen molar-refractivity contribution in [2.24, 2.45) is 0 Å². The van der Waals surface area contributed by atoms with Crippen LogP contribution in [0.1, 0.15) is 0 Å². The van der Waals surface area contributed by atoms with Gasteiger partial charge in [-0.15, -0.1) is 0 Å². The van der Waals surface area contributed by atoms with E-state index in [0.29, 0.717) is 23.3 Å². The van der Waals surface area contributed by atoms with E-state index in [0.717, 1.165) is 32.8 Å². The lowest BCUT2D eigenvalue weighted by molar-refractivity contribution is 0.0363. The minimum Gasteiger partial charge on any atom is -0.379 e. The Morgan fingerprint density at radius 3 is 2.76 bits per heavy atom. The molecular weight excluding hydrogens is 322 g/mol. The number of aromatic amines is 1. The van der Waals surface area contributed by atoms with E-state index in [1.807, 2.05) is 6.07 Å². The lowest BCUT2D eigenvalue weighted by atomic mass is 10.3. The number of ether oxygens (including phenoxy) is 1. The lowest BCUT2D eigenvalue weighted by Gasteiger charge is -2.26. The number of aromatic nitrogens is 4. The molecule has 0 spiro atoms. The zero-order valence-corrected chi connectivity index (χ0v) is 13.7. The zero-order chi connectivity index (χ0) is 17.2. The molecule has 1 saturated heterocycles. The van der Waals surface area contributed by atoms with Crippen LogP contribution < -0.4 is 11.1 Å². The summed E-state index contributed by atoms with van der Waals surface area (Å²) in [5.74, 6) is 0.496. The molecule has 0 aliphatic carbocycles. The van der Waals surface area contributed by atoms with Crippen molar-refractivity contribution in [2.75, 3.05) is 32.8 Å². The van der Waals surface area contributed by atoms with Gasteiger partial charge in [0.15, 0.2) is 5.82 Å². The first-order chi connectivity index (χ1) is 12.2. The summed E-state index contributed by atoms with van der Waals surface area (Å²) in [6, 6.07) is 6.80. The van der Waals surface area contributed by atoms with E-state index < -0.39 is 0 Å². The van der Waals surface area contributed by atoms with Gasteiger partial charge < -0.3 is 9.30 Å². The topological polar surface area (TPSA) is 85.2 Å². The Bertz CT molecular complexity index is 983. The molecule has 1 aliphatic rings. The highest BCUT2D eigenvalue weighted by molar-refractivity contribution is 5.77.